The van der Waals surface area contributed by atoms with Crippen molar-refractivity contribution in [2.75, 3.05) is 18.2 Å². The first-order valence-corrected chi connectivity index (χ1v) is 5.82. The molecule has 0 bridgehead atoms. The van der Waals surface area contributed by atoms with E-state index in [2.05, 4.69) is 10.1 Å². The maximum Gasteiger partial charge on any atom is 0.340 e. The summed E-state index contributed by atoms with van der Waals surface area (Å²) in [5.41, 5.74) is 5.35. The summed E-state index contributed by atoms with van der Waals surface area (Å²) in [5.74, 6) is -4.32. The van der Waals surface area contributed by atoms with Gasteiger partial charge in [0.15, 0.2) is 11.6 Å². The molecule has 0 unspecified atom stereocenters. The van der Waals surface area contributed by atoms with E-state index in [1.165, 1.54) is 18.2 Å². The smallest absolute Gasteiger partial charge is 0.340 e. The normalized spacial score (nSPS) is 10.3. The lowest BCUT2D eigenvalue weighted by atomic mass is 10.1. The second-order valence-corrected chi connectivity index (χ2v) is 4.14. The minimum absolute atomic E-state index is 0.00764. The van der Waals surface area contributed by atoms with Gasteiger partial charge < -0.3 is 15.8 Å². The highest BCUT2D eigenvalue weighted by molar-refractivity contribution is 5.99. The molecule has 0 aliphatic heterocycles. The Bertz CT molecular complexity index is 705. The number of hydrogen-bond donors (Lipinski definition) is 2. The molecule has 0 atom stereocenters. The van der Waals surface area contributed by atoms with Gasteiger partial charge >= 0.3 is 5.97 Å². The summed E-state index contributed by atoms with van der Waals surface area (Å²) in [7, 11) is 1.16. The quantitative estimate of drug-likeness (QED) is 0.518. The van der Waals surface area contributed by atoms with E-state index in [9.17, 15) is 18.0 Å². The Hall–Kier alpha value is -2.70. The van der Waals surface area contributed by atoms with Crippen LogP contribution in [0, 0.1) is 17.5 Å². The van der Waals surface area contributed by atoms with E-state index in [4.69, 9.17) is 5.73 Å². The van der Waals surface area contributed by atoms with Gasteiger partial charge in [-0.15, -0.1) is 0 Å². The third kappa shape index (κ3) is 2.91. The maximum absolute atomic E-state index is 13.7. The molecule has 4 nitrogen and oxygen atoms in total. The summed E-state index contributed by atoms with van der Waals surface area (Å²) in [6.07, 6.45) is 0. The van der Waals surface area contributed by atoms with Gasteiger partial charge in [-0.25, -0.2) is 18.0 Å². The molecular weight excluding hydrogens is 285 g/mol. The van der Waals surface area contributed by atoms with Gasteiger partial charge in [-0.2, -0.15) is 0 Å². The van der Waals surface area contributed by atoms with E-state index in [0.717, 1.165) is 13.2 Å². The Morgan fingerprint density at radius 2 is 1.95 bits per heavy atom. The minimum Gasteiger partial charge on any atom is -0.465 e. The fraction of sp³-hybridized carbons (Fsp3) is 0.0714. The van der Waals surface area contributed by atoms with Crippen molar-refractivity contribution in [3.63, 3.8) is 0 Å². The molecule has 0 aliphatic carbocycles. The number of methoxy groups -OCH3 is 1. The van der Waals surface area contributed by atoms with E-state index in [1.807, 2.05) is 0 Å². The third-order valence-corrected chi connectivity index (χ3v) is 2.75. The molecule has 0 amide bonds. The zero-order valence-corrected chi connectivity index (χ0v) is 10.9. The highest BCUT2D eigenvalue weighted by Gasteiger charge is 2.17. The maximum atomic E-state index is 13.7. The van der Waals surface area contributed by atoms with E-state index in [0.29, 0.717) is 6.07 Å². The van der Waals surface area contributed by atoms with E-state index >= 15 is 0 Å². The van der Waals surface area contributed by atoms with Crippen LogP contribution in [0.15, 0.2) is 30.3 Å². The molecule has 2 aromatic carbocycles. The molecule has 110 valence electrons. The first kappa shape index (κ1) is 14.7. The van der Waals surface area contributed by atoms with E-state index < -0.39 is 29.1 Å². The van der Waals surface area contributed by atoms with Gasteiger partial charge in [-0.3, -0.25) is 0 Å². The van der Waals surface area contributed by atoms with Crippen LogP contribution < -0.4 is 11.1 Å². The van der Waals surface area contributed by atoms with Crippen LogP contribution in [-0.2, 0) is 4.74 Å². The number of benzene rings is 2. The molecule has 7 heteroatoms. The SMILES string of the molecule is COC(=O)c1cccc(N)c1Nc1cc(F)cc(F)c1F. The van der Waals surface area contributed by atoms with Gasteiger partial charge in [0.05, 0.1) is 29.7 Å². The number of nitrogen functional groups attached to an aromatic ring is 1. The molecule has 0 fully saturated rings. The number of ether oxygens (including phenoxy) is 1. The highest BCUT2D eigenvalue weighted by atomic mass is 19.2. The number of carbonyl (C=O) groups is 1. The number of nitrogens with one attached hydrogen (secondary N) is 1. The summed E-state index contributed by atoms with van der Waals surface area (Å²) in [6, 6.07) is 5.50. The van der Waals surface area contributed by atoms with Crippen LogP contribution in [-0.4, -0.2) is 13.1 Å². The van der Waals surface area contributed by atoms with Crippen molar-refractivity contribution >= 4 is 23.0 Å². The Balaban J connectivity index is 2.52. The Morgan fingerprint density at radius 3 is 2.62 bits per heavy atom. The number of anilines is 3. The molecule has 0 heterocycles. The molecule has 2 rings (SSSR count). The molecule has 0 aromatic heterocycles. The zero-order valence-electron chi connectivity index (χ0n) is 10.9. The predicted molar refractivity (Wildman–Crippen MR) is 71.8 cm³/mol. The number of hydrogen-bond acceptors (Lipinski definition) is 4. The van der Waals surface area contributed by atoms with Crippen molar-refractivity contribution in [3.05, 3.63) is 53.3 Å². The summed E-state index contributed by atoms with van der Waals surface area (Å²) in [4.78, 5) is 11.6. The number of nitrogens with two attached hydrogens (primary N) is 1. The Kier molecular flexibility index (Phi) is 4.02. The molecule has 0 saturated carbocycles. The van der Waals surface area contributed by atoms with Crippen LogP contribution >= 0.6 is 0 Å². The molecule has 2 aromatic rings. The second kappa shape index (κ2) is 5.74. The first-order chi connectivity index (χ1) is 9.93. The summed E-state index contributed by atoms with van der Waals surface area (Å²) in [6.45, 7) is 0. The lowest BCUT2D eigenvalue weighted by Gasteiger charge is -2.14. The van der Waals surface area contributed by atoms with Gasteiger partial charge in [0, 0.05) is 12.1 Å². The number of rotatable bonds is 3. The van der Waals surface area contributed by atoms with Crippen LogP contribution in [0.2, 0.25) is 0 Å². The molecule has 0 spiro atoms. The van der Waals surface area contributed by atoms with Gasteiger partial charge in [0.1, 0.15) is 5.82 Å². The van der Waals surface area contributed by atoms with Gasteiger partial charge in [0.2, 0.25) is 0 Å². The standard InChI is InChI=1S/C14H11F3N2O2/c1-21-14(20)8-3-2-4-10(18)13(8)19-11-6-7(15)5-9(16)12(11)17/h2-6,19H,18H2,1H3. The van der Waals surface area contributed by atoms with Crippen LogP contribution in [0.25, 0.3) is 0 Å². The van der Waals surface area contributed by atoms with Gasteiger partial charge in [0.25, 0.3) is 0 Å². The number of carbonyl (C=O) groups excluding carboxylic acids is 1. The lowest BCUT2D eigenvalue weighted by molar-refractivity contribution is 0.0602. The molecule has 0 saturated heterocycles. The summed E-state index contributed by atoms with van der Waals surface area (Å²) >= 11 is 0. The van der Waals surface area contributed by atoms with E-state index in [1.54, 1.807) is 0 Å². The largest absolute Gasteiger partial charge is 0.465 e. The summed E-state index contributed by atoms with van der Waals surface area (Å²) in [5, 5.41) is 2.43. The van der Waals surface area contributed by atoms with Crippen molar-refractivity contribution in [2.24, 2.45) is 0 Å². The van der Waals surface area contributed by atoms with Crippen molar-refractivity contribution < 1.29 is 22.7 Å². The number of para-hydroxylation sites is 1. The Labute approximate surface area is 118 Å². The monoisotopic (exact) mass is 296 g/mol. The Morgan fingerprint density at radius 1 is 1.24 bits per heavy atom. The number of esters is 1. The fourth-order valence-corrected chi connectivity index (χ4v) is 1.77. The van der Waals surface area contributed by atoms with Crippen LogP contribution in [0.5, 0.6) is 0 Å². The minimum atomic E-state index is -1.35. The van der Waals surface area contributed by atoms with Crippen LogP contribution in [0.1, 0.15) is 10.4 Å². The zero-order chi connectivity index (χ0) is 15.6. The molecule has 0 radical (unpaired) electrons. The highest BCUT2D eigenvalue weighted by Crippen LogP contribution is 2.30. The third-order valence-electron chi connectivity index (χ3n) is 2.75. The predicted octanol–water partition coefficient (Wildman–Crippen LogP) is 3.22. The average Bonchev–Trinajstić information content (AvgIpc) is 2.45. The average molecular weight is 296 g/mol. The van der Waals surface area contributed by atoms with Crippen molar-refractivity contribution in [1.82, 2.24) is 0 Å². The molecule has 0 aliphatic rings. The van der Waals surface area contributed by atoms with Crippen LogP contribution in [0.3, 0.4) is 0 Å². The first-order valence-electron chi connectivity index (χ1n) is 5.82. The number of halogens is 3. The topological polar surface area (TPSA) is 64.3 Å². The van der Waals surface area contributed by atoms with Gasteiger partial charge in [-0.05, 0) is 12.1 Å². The molecular formula is C14H11F3N2O2. The van der Waals surface area contributed by atoms with Crippen molar-refractivity contribution in [1.29, 1.82) is 0 Å². The summed E-state index contributed by atoms with van der Waals surface area (Å²) < 4.78 is 44.6. The second-order valence-electron chi connectivity index (χ2n) is 4.14. The molecule has 21 heavy (non-hydrogen) atoms. The van der Waals surface area contributed by atoms with E-state index in [-0.39, 0.29) is 16.9 Å². The lowest BCUT2D eigenvalue weighted by Crippen LogP contribution is -2.09. The van der Waals surface area contributed by atoms with Crippen LogP contribution in [0.4, 0.5) is 30.2 Å². The van der Waals surface area contributed by atoms with Crippen molar-refractivity contribution in [2.45, 2.75) is 0 Å². The van der Waals surface area contributed by atoms with Crippen molar-refractivity contribution in [3.8, 4) is 0 Å². The fourth-order valence-electron chi connectivity index (χ4n) is 1.77. The van der Waals surface area contributed by atoms with Gasteiger partial charge in [-0.1, -0.05) is 6.07 Å². The molecule has 3 N–H and O–H groups in total.